The predicted molar refractivity (Wildman–Crippen MR) is 126 cm³/mol. The number of para-hydroxylation sites is 2. The van der Waals surface area contributed by atoms with Crippen LogP contribution in [-0.4, -0.2) is 33.9 Å². The predicted octanol–water partition coefficient (Wildman–Crippen LogP) is 4.28. The number of rotatable bonds is 5. The summed E-state index contributed by atoms with van der Waals surface area (Å²) in [4.78, 5) is 24.9. The number of nitrogens with one attached hydrogen (secondary N) is 1. The zero-order valence-electron chi connectivity index (χ0n) is 18.5. The van der Waals surface area contributed by atoms with Crippen LogP contribution in [-0.2, 0) is 4.79 Å². The number of carbonyl (C=O) groups is 2. The largest absolute Gasteiger partial charge is 0.494 e. The van der Waals surface area contributed by atoms with Crippen molar-refractivity contribution in [1.82, 2.24) is 15.0 Å². The summed E-state index contributed by atoms with van der Waals surface area (Å²) < 4.78 is 6.96. The van der Waals surface area contributed by atoms with Gasteiger partial charge < -0.3 is 10.1 Å². The van der Waals surface area contributed by atoms with E-state index < -0.39 is 5.92 Å². The van der Waals surface area contributed by atoms with E-state index in [-0.39, 0.29) is 17.5 Å². The first-order chi connectivity index (χ1) is 16.6. The number of anilines is 1. The van der Waals surface area contributed by atoms with E-state index in [4.69, 9.17) is 4.74 Å². The molecule has 1 aliphatic heterocycles. The highest BCUT2D eigenvalue weighted by Crippen LogP contribution is 2.34. The Kier molecular flexibility index (Phi) is 5.43. The maximum Gasteiger partial charge on any atom is 0.278 e. The lowest BCUT2D eigenvalue weighted by molar-refractivity contribution is -0.119. The van der Waals surface area contributed by atoms with Gasteiger partial charge >= 0.3 is 0 Å². The second-order valence-corrected chi connectivity index (χ2v) is 7.70. The van der Waals surface area contributed by atoms with Crippen molar-refractivity contribution in [3.63, 3.8) is 0 Å². The SMILES string of the molecule is COc1ccccc1-n1nnc(C(=O)Nc2ccc(C3=C4C=CC=CC4C(=O)N=N3)cc2)c1C. The summed E-state index contributed by atoms with van der Waals surface area (Å²) in [6, 6.07) is 14.6. The third-order valence-electron chi connectivity index (χ3n) is 5.65. The molecule has 3 aromatic rings. The molecule has 0 fully saturated rings. The lowest BCUT2D eigenvalue weighted by atomic mass is 9.89. The van der Waals surface area contributed by atoms with Gasteiger partial charge in [-0.2, -0.15) is 0 Å². The number of aromatic nitrogens is 3. The Labute approximate surface area is 195 Å². The molecule has 1 N–H and O–H groups in total. The molecule has 5 rings (SSSR count). The lowest BCUT2D eigenvalue weighted by Crippen LogP contribution is -2.17. The van der Waals surface area contributed by atoms with Gasteiger partial charge in [0.25, 0.3) is 11.8 Å². The van der Waals surface area contributed by atoms with Crippen molar-refractivity contribution in [2.75, 3.05) is 12.4 Å². The van der Waals surface area contributed by atoms with Crippen LogP contribution < -0.4 is 10.1 Å². The van der Waals surface area contributed by atoms with Gasteiger partial charge in [-0.15, -0.1) is 15.3 Å². The normalized spacial score (nSPS) is 16.5. The van der Waals surface area contributed by atoms with Crippen molar-refractivity contribution in [1.29, 1.82) is 0 Å². The Morgan fingerprint density at radius 2 is 1.85 bits per heavy atom. The zero-order chi connectivity index (χ0) is 23.7. The fourth-order valence-electron chi connectivity index (χ4n) is 3.90. The number of ether oxygens (including phenoxy) is 1. The number of hydrogen-bond acceptors (Lipinski definition) is 6. The van der Waals surface area contributed by atoms with Gasteiger partial charge in [0.05, 0.1) is 24.4 Å². The molecule has 2 aliphatic rings. The third kappa shape index (κ3) is 3.73. The maximum atomic E-state index is 12.9. The average Bonchev–Trinajstić information content (AvgIpc) is 3.26. The van der Waals surface area contributed by atoms with Crippen LogP contribution in [0.3, 0.4) is 0 Å². The molecule has 9 nitrogen and oxygen atoms in total. The minimum absolute atomic E-state index is 0.210. The highest BCUT2D eigenvalue weighted by molar-refractivity contribution is 6.03. The summed E-state index contributed by atoms with van der Waals surface area (Å²) in [6.07, 6.45) is 7.38. The van der Waals surface area contributed by atoms with Crippen LogP contribution in [0, 0.1) is 12.8 Å². The summed E-state index contributed by atoms with van der Waals surface area (Å²) in [7, 11) is 1.58. The smallest absolute Gasteiger partial charge is 0.278 e. The highest BCUT2D eigenvalue weighted by atomic mass is 16.5. The van der Waals surface area contributed by atoms with E-state index in [1.54, 1.807) is 30.8 Å². The van der Waals surface area contributed by atoms with E-state index in [9.17, 15) is 9.59 Å². The number of allylic oxidation sites excluding steroid dienone is 3. The van der Waals surface area contributed by atoms with Gasteiger partial charge in [-0.1, -0.05) is 53.8 Å². The van der Waals surface area contributed by atoms with Crippen molar-refractivity contribution in [2.45, 2.75) is 6.92 Å². The number of benzene rings is 2. The first kappa shape index (κ1) is 21.2. The molecule has 0 spiro atoms. The Balaban J connectivity index is 1.37. The van der Waals surface area contributed by atoms with E-state index in [0.717, 1.165) is 11.1 Å². The van der Waals surface area contributed by atoms with Crippen molar-refractivity contribution in [2.24, 2.45) is 16.1 Å². The molecule has 0 saturated carbocycles. The Morgan fingerprint density at radius 1 is 1.06 bits per heavy atom. The van der Waals surface area contributed by atoms with E-state index in [0.29, 0.717) is 28.5 Å². The zero-order valence-corrected chi connectivity index (χ0v) is 18.5. The van der Waals surface area contributed by atoms with Crippen LogP contribution in [0.1, 0.15) is 21.7 Å². The summed E-state index contributed by atoms with van der Waals surface area (Å²) in [5.41, 5.74) is 4.32. The second kappa shape index (κ2) is 8.70. The number of carbonyl (C=O) groups excluding carboxylic acids is 2. The fraction of sp³-hybridized carbons (Fsp3) is 0.120. The van der Waals surface area contributed by atoms with E-state index in [1.807, 2.05) is 60.7 Å². The van der Waals surface area contributed by atoms with Crippen LogP contribution in [0.5, 0.6) is 5.75 Å². The van der Waals surface area contributed by atoms with Crippen molar-refractivity contribution < 1.29 is 14.3 Å². The number of hydrogen-bond donors (Lipinski definition) is 1. The molecular weight excluding hydrogens is 432 g/mol. The minimum Gasteiger partial charge on any atom is -0.494 e. The number of methoxy groups -OCH3 is 1. The summed E-state index contributed by atoms with van der Waals surface area (Å²) in [5, 5.41) is 18.9. The molecule has 1 aromatic heterocycles. The fourth-order valence-corrected chi connectivity index (χ4v) is 3.90. The molecule has 34 heavy (non-hydrogen) atoms. The van der Waals surface area contributed by atoms with Gasteiger partial charge in [-0.05, 0) is 36.8 Å². The second-order valence-electron chi connectivity index (χ2n) is 7.70. The summed E-state index contributed by atoms with van der Waals surface area (Å²) in [5.74, 6) is -0.442. The van der Waals surface area contributed by atoms with Gasteiger partial charge in [-0.3, -0.25) is 9.59 Å². The van der Waals surface area contributed by atoms with Crippen molar-refractivity contribution in [3.8, 4) is 11.4 Å². The Bertz CT molecular complexity index is 1410. The number of nitrogens with zero attached hydrogens (tertiary/aromatic N) is 5. The molecule has 0 bridgehead atoms. The molecule has 1 atom stereocenters. The van der Waals surface area contributed by atoms with Crippen molar-refractivity contribution >= 4 is 23.2 Å². The quantitative estimate of drug-likeness (QED) is 0.621. The molecule has 9 heteroatoms. The molecule has 1 unspecified atom stereocenters. The van der Waals surface area contributed by atoms with Crippen LogP contribution in [0.2, 0.25) is 0 Å². The molecule has 0 radical (unpaired) electrons. The van der Waals surface area contributed by atoms with Gasteiger partial charge in [0.1, 0.15) is 11.4 Å². The number of amides is 2. The molecular formula is C25H20N6O3. The summed E-state index contributed by atoms with van der Waals surface area (Å²) in [6.45, 7) is 1.77. The molecule has 2 heterocycles. The third-order valence-corrected chi connectivity index (χ3v) is 5.65. The molecule has 1 aliphatic carbocycles. The number of azo groups is 1. The highest BCUT2D eigenvalue weighted by Gasteiger charge is 2.27. The van der Waals surface area contributed by atoms with Gasteiger partial charge in [0, 0.05) is 11.3 Å². The molecule has 168 valence electrons. The van der Waals surface area contributed by atoms with Gasteiger partial charge in [0.15, 0.2) is 5.69 Å². The van der Waals surface area contributed by atoms with Crippen LogP contribution in [0.25, 0.3) is 11.4 Å². The first-order valence-electron chi connectivity index (χ1n) is 10.6. The van der Waals surface area contributed by atoms with Crippen molar-refractivity contribution in [3.05, 3.63) is 95.4 Å². The van der Waals surface area contributed by atoms with Gasteiger partial charge in [0.2, 0.25) is 0 Å². The van der Waals surface area contributed by atoms with E-state index >= 15 is 0 Å². The maximum absolute atomic E-state index is 12.9. The Morgan fingerprint density at radius 3 is 2.65 bits per heavy atom. The molecule has 0 saturated heterocycles. The van der Waals surface area contributed by atoms with Crippen LogP contribution >= 0.6 is 0 Å². The average molecular weight is 452 g/mol. The monoisotopic (exact) mass is 452 g/mol. The lowest BCUT2D eigenvalue weighted by Gasteiger charge is -2.19. The number of fused-ring (bicyclic) bond motifs is 1. The van der Waals surface area contributed by atoms with Gasteiger partial charge in [-0.25, -0.2) is 4.68 Å². The van der Waals surface area contributed by atoms with E-state index in [2.05, 4.69) is 25.9 Å². The Hall–Kier alpha value is -4.66. The van der Waals surface area contributed by atoms with Crippen LogP contribution in [0.4, 0.5) is 5.69 Å². The van der Waals surface area contributed by atoms with Crippen LogP contribution in [0.15, 0.2) is 88.6 Å². The first-order valence-corrected chi connectivity index (χ1v) is 10.6. The summed E-state index contributed by atoms with van der Waals surface area (Å²) >= 11 is 0. The minimum atomic E-state index is -0.411. The standard InChI is InChI=1S/C25H20N6O3/c1-15-22(28-30-31(15)20-9-5-6-10-21(20)34-2)25(33)26-17-13-11-16(12-14-17)23-18-7-3-4-8-19(18)24(32)29-27-23/h3-14,19H,1-2H3,(H,26,33). The van der Waals surface area contributed by atoms with E-state index in [1.165, 1.54) is 0 Å². The topological polar surface area (TPSA) is 111 Å². The molecule has 2 amide bonds. The molecule has 2 aromatic carbocycles.